The van der Waals surface area contributed by atoms with E-state index in [0.717, 1.165) is 6.07 Å². The van der Waals surface area contributed by atoms with Crippen LogP contribution in [0, 0.1) is 10.1 Å². The molecule has 3 rings (SSSR count). The Morgan fingerprint density at radius 3 is 2.26 bits per heavy atom. The largest absolute Gasteiger partial charge is 0.508 e. The molecule has 3 aromatic carbocycles. The third kappa shape index (κ3) is 3.71. The van der Waals surface area contributed by atoms with Gasteiger partial charge in [-0.1, -0.05) is 0 Å². The van der Waals surface area contributed by atoms with Crippen molar-refractivity contribution in [3.05, 3.63) is 70.3 Å². The number of benzene rings is 3. The number of non-ortho nitro benzene ring substituents is 1. The van der Waals surface area contributed by atoms with E-state index in [1.807, 2.05) is 0 Å². The van der Waals surface area contributed by atoms with E-state index in [1.165, 1.54) is 48.5 Å². The molecule has 0 spiro atoms. The van der Waals surface area contributed by atoms with Crippen LogP contribution < -0.4 is 5.32 Å². The van der Waals surface area contributed by atoms with Crippen LogP contribution in [0.1, 0.15) is 10.4 Å². The van der Waals surface area contributed by atoms with Crippen molar-refractivity contribution < 1.29 is 27.8 Å². The van der Waals surface area contributed by atoms with Crippen molar-refractivity contribution in [3.63, 3.8) is 0 Å². The molecule has 1 amide bonds. The van der Waals surface area contributed by atoms with Crippen LogP contribution in [0.3, 0.4) is 0 Å². The Kier molecular flexibility index (Phi) is 4.52. The van der Waals surface area contributed by atoms with Gasteiger partial charge in [0.15, 0.2) is 0 Å². The molecule has 0 saturated heterocycles. The number of phenolic OH excluding ortho intramolecular Hbond substituents is 1. The summed E-state index contributed by atoms with van der Waals surface area (Å²) in [5.41, 5.74) is 0.170. The molecule has 10 heteroatoms. The van der Waals surface area contributed by atoms with E-state index in [9.17, 15) is 33.0 Å². The highest BCUT2D eigenvalue weighted by atomic mass is 32.2. The highest BCUT2D eigenvalue weighted by molar-refractivity contribution is 7.86. The quantitative estimate of drug-likeness (QED) is 0.354. The number of fused-ring (bicyclic) bond motifs is 1. The van der Waals surface area contributed by atoms with Gasteiger partial charge in [-0.25, -0.2) is 0 Å². The maximum absolute atomic E-state index is 12.4. The zero-order valence-corrected chi connectivity index (χ0v) is 14.3. The molecule has 0 saturated carbocycles. The van der Waals surface area contributed by atoms with Crippen LogP contribution in [0.2, 0.25) is 0 Å². The predicted molar refractivity (Wildman–Crippen MR) is 96.5 cm³/mol. The SMILES string of the molecule is O=C(Nc1ccc(S(=O)(=O)O)c2ccc(O)cc12)c1ccc([N+](=O)[O-])cc1. The van der Waals surface area contributed by atoms with Gasteiger partial charge in [0.1, 0.15) is 10.6 Å². The lowest BCUT2D eigenvalue weighted by Crippen LogP contribution is -2.12. The lowest BCUT2D eigenvalue weighted by atomic mass is 10.1. The topological polar surface area (TPSA) is 147 Å². The van der Waals surface area contributed by atoms with Crippen LogP contribution >= 0.6 is 0 Å². The predicted octanol–water partition coefficient (Wildman–Crippen LogP) is 2.95. The summed E-state index contributed by atoms with van der Waals surface area (Å²) in [6.07, 6.45) is 0. The van der Waals surface area contributed by atoms with Gasteiger partial charge >= 0.3 is 0 Å². The minimum atomic E-state index is -4.51. The van der Waals surface area contributed by atoms with Crippen molar-refractivity contribution in [2.75, 3.05) is 5.32 Å². The lowest BCUT2D eigenvalue weighted by molar-refractivity contribution is -0.384. The molecule has 0 aromatic heterocycles. The van der Waals surface area contributed by atoms with E-state index in [2.05, 4.69) is 5.32 Å². The second-order valence-electron chi connectivity index (χ2n) is 5.57. The second kappa shape index (κ2) is 6.67. The van der Waals surface area contributed by atoms with Crippen molar-refractivity contribution in [3.8, 4) is 5.75 Å². The maximum Gasteiger partial charge on any atom is 0.295 e. The minimum absolute atomic E-state index is 0.108. The fourth-order valence-electron chi connectivity index (χ4n) is 2.57. The average Bonchev–Trinajstić information content (AvgIpc) is 2.61. The molecule has 0 atom stereocenters. The molecule has 0 bridgehead atoms. The van der Waals surface area contributed by atoms with Crippen LogP contribution in [-0.2, 0) is 10.1 Å². The Morgan fingerprint density at radius 1 is 1.00 bits per heavy atom. The van der Waals surface area contributed by atoms with Gasteiger partial charge in [-0.3, -0.25) is 19.5 Å². The number of amides is 1. The smallest absolute Gasteiger partial charge is 0.295 e. The first-order valence-electron chi connectivity index (χ1n) is 7.46. The minimum Gasteiger partial charge on any atom is -0.508 e. The number of hydrogen-bond donors (Lipinski definition) is 3. The van der Waals surface area contributed by atoms with Crippen molar-refractivity contribution in [1.82, 2.24) is 0 Å². The average molecular weight is 388 g/mol. The van der Waals surface area contributed by atoms with E-state index in [-0.39, 0.29) is 38.4 Å². The first-order valence-corrected chi connectivity index (χ1v) is 8.90. The molecular weight excluding hydrogens is 376 g/mol. The van der Waals surface area contributed by atoms with Crippen LogP contribution in [0.25, 0.3) is 10.8 Å². The van der Waals surface area contributed by atoms with Crippen LogP contribution in [0.15, 0.2) is 59.5 Å². The standard InChI is InChI=1S/C17H12N2O7S/c20-12-5-6-13-14(9-12)15(7-8-16(13)27(24,25)26)18-17(21)10-1-3-11(4-2-10)19(22)23/h1-9,20H,(H,18,21)(H,24,25,26). The number of carbonyl (C=O) groups is 1. The van der Waals surface area contributed by atoms with Crippen molar-refractivity contribution >= 4 is 38.2 Å². The number of carbonyl (C=O) groups excluding carboxylic acids is 1. The van der Waals surface area contributed by atoms with Gasteiger partial charge < -0.3 is 10.4 Å². The van der Waals surface area contributed by atoms with Gasteiger partial charge in [0.25, 0.3) is 21.7 Å². The number of nitro benzene ring substituents is 1. The second-order valence-corrected chi connectivity index (χ2v) is 6.96. The number of nitrogens with zero attached hydrogens (tertiary/aromatic N) is 1. The Hall–Kier alpha value is -3.50. The molecule has 138 valence electrons. The number of nitrogens with one attached hydrogen (secondary N) is 1. The number of phenols is 1. The Bertz CT molecular complexity index is 1170. The molecule has 3 aromatic rings. The van der Waals surface area contributed by atoms with Crippen molar-refractivity contribution in [2.45, 2.75) is 4.90 Å². The maximum atomic E-state index is 12.4. The number of hydrogen-bond acceptors (Lipinski definition) is 6. The van der Waals surface area contributed by atoms with E-state index in [0.29, 0.717) is 0 Å². The molecule has 9 nitrogen and oxygen atoms in total. The molecule has 27 heavy (non-hydrogen) atoms. The van der Waals surface area contributed by atoms with Gasteiger partial charge in [-0.05, 0) is 42.5 Å². The Balaban J connectivity index is 2.03. The highest BCUT2D eigenvalue weighted by Crippen LogP contribution is 2.32. The summed E-state index contributed by atoms with van der Waals surface area (Å²) in [7, 11) is -4.51. The van der Waals surface area contributed by atoms with E-state index in [1.54, 1.807) is 0 Å². The van der Waals surface area contributed by atoms with Gasteiger partial charge in [0.05, 0.1) is 4.92 Å². The molecule has 0 unspecified atom stereocenters. The number of rotatable bonds is 4. The van der Waals surface area contributed by atoms with Gasteiger partial charge in [-0.2, -0.15) is 8.42 Å². The Labute approximate surface area is 152 Å². The van der Waals surface area contributed by atoms with Crippen LogP contribution in [0.4, 0.5) is 11.4 Å². The molecule has 0 heterocycles. The molecule has 0 radical (unpaired) electrons. The molecule has 0 fully saturated rings. The summed E-state index contributed by atoms with van der Waals surface area (Å²) in [6, 6.07) is 11.1. The van der Waals surface area contributed by atoms with Crippen LogP contribution in [-0.4, -0.2) is 28.9 Å². The molecule has 3 N–H and O–H groups in total. The third-order valence-electron chi connectivity index (χ3n) is 3.83. The summed E-state index contributed by atoms with van der Waals surface area (Å²) < 4.78 is 32.4. The molecule has 0 aliphatic rings. The van der Waals surface area contributed by atoms with Crippen molar-refractivity contribution in [2.24, 2.45) is 0 Å². The van der Waals surface area contributed by atoms with E-state index < -0.39 is 20.9 Å². The fraction of sp³-hybridized carbons (Fsp3) is 0. The summed E-state index contributed by atoms with van der Waals surface area (Å²) >= 11 is 0. The van der Waals surface area contributed by atoms with Gasteiger partial charge in [-0.15, -0.1) is 0 Å². The van der Waals surface area contributed by atoms with Crippen LogP contribution in [0.5, 0.6) is 5.75 Å². The molecular formula is C17H12N2O7S. The van der Waals surface area contributed by atoms with E-state index in [4.69, 9.17) is 0 Å². The number of aromatic hydroxyl groups is 1. The fourth-order valence-corrected chi connectivity index (χ4v) is 3.27. The monoisotopic (exact) mass is 388 g/mol. The molecule has 0 aliphatic carbocycles. The first kappa shape index (κ1) is 18.3. The third-order valence-corrected chi connectivity index (χ3v) is 4.74. The molecule has 0 aliphatic heterocycles. The number of nitro groups is 1. The summed E-state index contributed by atoms with van der Waals surface area (Å²) in [4.78, 5) is 22.1. The summed E-state index contributed by atoms with van der Waals surface area (Å²) in [5.74, 6) is -0.755. The normalized spacial score (nSPS) is 11.3. The van der Waals surface area contributed by atoms with Gasteiger partial charge in [0, 0.05) is 34.2 Å². The first-order chi connectivity index (χ1) is 12.7. The lowest BCUT2D eigenvalue weighted by Gasteiger charge is -2.11. The summed E-state index contributed by atoms with van der Waals surface area (Å²) in [5, 5.41) is 23.2. The number of anilines is 1. The van der Waals surface area contributed by atoms with Gasteiger partial charge in [0.2, 0.25) is 0 Å². The summed E-state index contributed by atoms with van der Waals surface area (Å²) in [6.45, 7) is 0. The zero-order valence-electron chi connectivity index (χ0n) is 13.5. The zero-order chi connectivity index (χ0) is 19.8. The van der Waals surface area contributed by atoms with E-state index >= 15 is 0 Å². The Morgan fingerprint density at radius 2 is 1.67 bits per heavy atom. The highest BCUT2D eigenvalue weighted by Gasteiger charge is 2.18. The van der Waals surface area contributed by atoms with Crippen molar-refractivity contribution in [1.29, 1.82) is 0 Å².